The van der Waals surface area contributed by atoms with Gasteiger partial charge in [0.25, 0.3) is 5.91 Å². The molecule has 0 radical (unpaired) electrons. The molecule has 4 nitrogen and oxygen atoms in total. The van der Waals surface area contributed by atoms with Gasteiger partial charge in [-0.3, -0.25) is 10.1 Å². The van der Waals surface area contributed by atoms with Gasteiger partial charge in [-0.2, -0.15) is 0 Å². The molecule has 0 spiro atoms. The van der Waals surface area contributed by atoms with Crippen LogP contribution in [-0.2, 0) is 0 Å². The van der Waals surface area contributed by atoms with Crippen LogP contribution in [0.5, 0.6) is 0 Å². The van der Waals surface area contributed by atoms with Crippen molar-refractivity contribution in [2.24, 2.45) is 0 Å². The third kappa shape index (κ3) is 2.49. The molecule has 1 aliphatic rings. The second-order valence-electron chi connectivity index (χ2n) is 5.06. The van der Waals surface area contributed by atoms with Crippen LogP contribution < -0.4 is 5.32 Å². The molecule has 0 saturated heterocycles. The van der Waals surface area contributed by atoms with E-state index in [1.54, 1.807) is 6.07 Å². The highest BCUT2D eigenvalue weighted by Gasteiger charge is 2.28. The second kappa shape index (κ2) is 5.26. The Morgan fingerprint density at radius 3 is 2.91 bits per heavy atom. The van der Waals surface area contributed by atoms with Crippen LogP contribution in [0.2, 0.25) is 5.02 Å². The Labute approximate surface area is 137 Å². The number of carbonyl (C=O) groups is 1. The summed E-state index contributed by atoms with van der Waals surface area (Å²) >= 11 is 8.78. The maximum absolute atomic E-state index is 13.3. The van der Waals surface area contributed by atoms with E-state index < -0.39 is 0 Å². The van der Waals surface area contributed by atoms with Gasteiger partial charge >= 0.3 is 0 Å². The SMILES string of the molecule is O=C(Nc1nnc(C2CC2)s1)c1sc2cc(F)ccc2c1Cl. The van der Waals surface area contributed by atoms with Gasteiger partial charge in [-0.05, 0) is 31.0 Å². The van der Waals surface area contributed by atoms with E-state index in [1.165, 1.54) is 23.5 Å². The molecule has 1 aromatic carbocycles. The molecule has 0 bridgehead atoms. The lowest BCUT2D eigenvalue weighted by Gasteiger charge is -1.98. The Morgan fingerprint density at radius 1 is 1.32 bits per heavy atom. The van der Waals surface area contributed by atoms with Crippen molar-refractivity contribution in [3.05, 3.63) is 38.9 Å². The highest BCUT2D eigenvalue weighted by Crippen LogP contribution is 2.42. The number of rotatable bonds is 3. The molecule has 2 heterocycles. The van der Waals surface area contributed by atoms with Crippen molar-refractivity contribution < 1.29 is 9.18 Å². The lowest BCUT2D eigenvalue weighted by atomic mass is 10.2. The molecule has 3 aromatic rings. The van der Waals surface area contributed by atoms with Crippen molar-refractivity contribution in [2.75, 3.05) is 5.32 Å². The Morgan fingerprint density at radius 2 is 2.14 bits per heavy atom. The molecule has 1 amide bonds. The Bertz CT molecular complexity index is 887. The molecule has 4 rings (SSSR count). The molecule has 0 aliphatic heterocycles. The number of halogens is 2. The third-order valence-corrected chi connectivity index (χ3v) is 6.04. The number of aromatic nitrogens is 2. The fourth-order valence-corrected chi connectivity index (χ4v) is 4.46. The standard InChI is InChI=1S/C14H9ClFN3OS2/c15-10-8-4-3-7(16)5-9(8)21-11(10)12(20)17-14-19-18-13(22-14)6-1-2-6/h3-6H,1-2H2,(H,17,19,20). The largest absolute Gasteiger partial charge is 0.296 e. The van der Waals surface area contributed by atoms with Gasteiger partial charge in [-0.1, -0.05) is 22.9 Å². The van der Waals surface area contributed by atoms with Crippen LogP contribution in [0.15, 0.2) is 18.2 Å². The van der Waals surface area contributed by atoms with Gasteiger partial charge < -0.3 is 0 Å². The number of nitrogens with zero attached hydrogens (tertiary/aromatic N) is 2. The van der Waals surface area contributed by atoms with Crippen molar-refractivity contribution in [2.45, 2.75) is 18.8 Å². The lowest BCUT2D eigenvalue weighted by molar-refractivity contribution is 0.103. The van der Waals surface area contributed by atoms with E-state index in [0.717, 1.165) is 29.2 Å². The number of hydrogen-bond donors (Lipinski definition) is 1. The van der Waals surface area contributed by atoms with E-state index in [0.29, 0.717) is 31.0 Å². The van der Waals surface area contributed by atoms with Gasteiger partial charge in [0, 0.05) is 16.0 Å². The predicted molar refractivity (Wildman–Crippen MR) is 86.6 cm³/mol. The topological polar surface area (TPSA) is 54.9 Å². The molecule has 2 aromatic heterocycles. The smallest absolute Gasteiger partial charge is 0.269 e. The average molecular weight is 354 g/mol. The van der Waals surface area contributed by atoms with E-state index >= 15 is 0 Å². The summed E-state index contributed by atoms with van der Waals surface area (Å²) in [7, 11) is 0. The first-order valence-electron chi connectivity index (χ1n) is 6.64. The molecular weight excluding hydrogens is 345 g/mol. The second-order valence-corrected chi connectivity index (χ2v) is 7.50. The van der Waals surface area contributed by atoms with E-state index in [4.69, 9.17) is 11.6 Å². The molecule has 1 saturated carbocycles. The molecule has 1 N–H and O–H groups in total. The number of nitrogens with one attached hydrogen (secondary N) is 1. The average Bonchev–Trinajstić information content (AvgIpc) is 3.16. The van der Waals surface area contributed by atoms with Crippen LogP contribution in [0.1, 0.15) is 33.4 Å². The molecule has 1 aliphatic carbocycles. The summed E-state index contributed by atoms with van der Waals surface area (Å²) in [6.07, 6.45) is 2.27. The lowest BCUT2D eigenvalue weighted by Crippen LogP contribution is -2.10. The summed E-state index contributed by atoms with van der Waals surface area (Å²) in [5, 5.41) is 13.2. The van der Waals surface area contributed by atoms with Gasteiger partial charge in [-0.15, -0.1) is 21.5 Å². The zero-order chi connectivity index (χ0) is 15.3. The molecule has 22 heavy (non-hydrogen) atoms. The quantitative estimate of drug-likeness (QED) is 0.744. The Hall–Kier alpha value is -1.57. The number of hydrogen-bond acceptors (Lipinski definition) is 5. The van der Waals surface area contributed by atoms with E-state index in [-0.39, 0.29) is 11.7 Å². The van der Waals surface area contributed by atoms with Crippen LogP contribution in [-0.4, -0.2) is 16.1 Å². The molecule has 0 unspecified atom stereocenters. The summed E-state index contributed by atoms with van der Waals surface area (Å²) in [5.74, 6) is -0.195. The van der Waals surface area contributed by atoms with Crippen molar-refractivity contribution in [1.82, 2.24) is 10.2 Å². The number of amides is 1. The molecule has 0 atom stereocenters. The summed E-state index contributed by atoms with van der Waals surface area (Å²) in [6, 6.07) is 4.28. The fraction of sp³-hybridized carbons (Fsp3) is 0.214. The van der Waals surface area contributed by atoms with Gasteiger partial charge in [0.15, 0.2) is 0 Å². The van der Waals surface area contributed by atoms with E-state index in [2.05, 4.69) is 15.5 Å². The normalized spacial score (nSPS) is 14.5. The van der Waals surface area contributed by atoms with Crippen LogP contribution in [0.3, 0.4) is 0 Å². The Balaban J connectivity index is 1.62. The number of anilines is 1. The molecule has 1 fully saturated rings. The summed E-state index contributed by atoms with van der Waals surface area (Å²) in [4.78, 5) is 12.7. The van der Waals surface area contributed by atoms with Crippen LogP contribution in [0, 0.1) is 5.82 Å². The first-order chi connectivity index (χ1) is 10.6. The van der Waals surface area contributed by atoms with Crippen molar-refractivity contribution in [1.29, 1.82) is 0 Å². The number of benzene rings is 1. The fourth-order valence-electron chi connectivity index (χ4n) is 2.12. The van der Waals surface area contributed by atoms with Crippen molar-refractivity contribution in [3.63, 3.8) is 0 Å². The molecular formula is C14H9ClFN3OS2. The van der Waals surface area contributed by atoms with Crippen LogP contribution in [0.4, 0.5) is 9.52 Å². The summed E-state index contributed by atoms with van der Waals surface area (Å²) < 4.78 is 13.9. The third-order valence-electron chi connectivity index (χ3n) is 3.39. The highest BCUT2D eigenvalue weighted by molar-refractivity contribution is 7.22. The summed E-state index contributed by atoms with van der Waals surface area (Å²) in [5.41, 5.74) is 0. The minimum atomic E-state index is -0.351. The number of carbonyl (C=O) groups excluding carboxylic acids is 1. The molecule has 112 valence electrons. The zero-order valence-electron chi connectivity index (χ0n) is 11.1. The summed E-state index contributed by atoms with van der Waals surface area (Å²) in [6.45, 7) is 0. The van der Waals surface area contributed by atoms with Crippen molar-refractivity contribution in [3.8, 4) is 0 Å². The minimum absolute atomic E-state index is 0.337. The van der Waals surface area contributed by atoms with Crippen LogP contribution in [0.25, 0.3) is 10.1 Å². The highest BCUT2D eigenvalue weighted by atomic mass is 35.5. The first-order valence-corrected chi connectivity index (χ1v) is 8.65. The first kappa shape index (κ1) is 14.0. The maximum Gasteiger partial charge on any atom is 0.269 e. The number of thiophene rings is 1. The minimum Gasteiger partial charge on any atom is -0.296 e. The maximum atomic E-state index is 13.3. The predicted octanol–water partition coefficient (Wildman–Crippen LogP) is 4.68. The van der Waals surface area contributed by atoms with Gasteiger partial charge in [0.1, 0.15) is 15.7 Å². The van der Waals surface area contributed by atoms with Gasteiger partial charge in [0.05, 0.1) is 5.02 Å². The van der Waals surface area contributed by atoms with Gasteiger partial charge in [-0.25, -0.2) is 4.39 Å². The van der Waals surface area contributed by atoms with Gasteiger partial charge in [0.2, 0.25) is 5.13 Å². The zero-order valence-corrected chi connectivity index (χ0v) is 13.5. The van der Waals surface area contributed by atoms with Crippen molar-refractivity contribution >= 4 is 55.4 Å². The monoisotopic (exact) mass is 353 g/mol. The Kier molecular flexibility index (Phi) is 3.36. The van der Waals surface area contributed by atoms with E-state index in [1.807, 2.05) is 0 Å². The number of fused-ring (bicyclic) bond motifs is 1. The van der Waals surface area contributed by atoms with E-state index in [9.17, 15) is 9.18 Å². The van der Waals surface area contributed by atoms with Crippen LogP contribution >= 0.6 is 34.3 Å². The molecule has 8 heteroatoms.